The third-order valence-electron chi connectivity index (χ3n) is 27.6. The number of fused-ring (bicyclic) bond motifs is 20. The highest BCUT2D eigenvalue weighted by Gasteiger charge is 2.45. The number of benzene rings is 18. The Hall–Kier alpha value is -16.2. The zero-order valence-electron chi connectivity index (χ0n) is 70.8. The quantitative estimate of drug-likeness (QED) is 0.0759. The minimum absolute atomic E-state index is 0.754. The van der Waals surface area contributed by atoms with Crippen molar-refractivity contribution in [3.8, 4) is 56.7 Å². The fraction of sp³-hybridized carbons (Fsp3) is 0. The van der Waals surface area contributed by atoms with Crippen molar-refractivity contribution >= 4 is 214 Å². The van der Waals surface area contributed by atoms with Crippen LogP contribution in [0.15, 0.2) is 461 Å². The highest BCUT2D eigenvalue weighted by Crippen LogP contribution is 2.43. The summed E-state index contributed by atoms with van der Waals surface area (Å²) in [6.07, 6.45) is 0. The number of rotatable bonds is 15. The number of hydrogen-bond donors (Lipinski definition) is 0. The summed E-state index contributed by atoms with van der Waals surface area (Å²) in [5, 5.41) is 22.8. The van der Waals surface area contributed by atoms with E-state index in [1.807, 2.05) is 22.7 Å². The minimum atomic E-state index is -3.05. The Balaban J connectivity index is 0.610. The maximum absolute atomic E-state index is 5.88. The van der Waals surface area contributed by atoms with Gasteiger partial charge in [0.1, 0.15) is 23.3 Å². The first-order valence-corrected chi connectivity index (χ1v) is 50.3. The van der Waals surface area contributed by atoms with Crippen molar-refractivity contribution in [3.05, 3.63) is 461 Å². The molecule has 0 aliphatic carbocycles. The van der Waals surface area contributed by atoms with Gasteiger partial charge in [-0.2, -0.15) is 0 Å². The van der Waals surface area contributed by atoms with E-state index >= 15 is 0 Å². The molecule has 0 N–H and O–H groups in total. The number of aromatic nitrogens is 8. The van der Waals surface area contributed by atoms with E-state index in [-0.39, 0.29) is 0 Å². The molecule has 0 atom stereocenters. The lowest BCUT2D eigenvalue weighted by atomic mass is 10.0. The Morgan fingerprint density at radius 2 is 0.534 bits per heavy atom. The van der Waals surface area contributed by atoms with E-state index in [9.17, 15) is 0 Å². The van der Waals surface area contributed by atoms with Crippen LogP contribution in [0.5, 0.6) is 0 Å². The molecular formula is C119H76N8S2Si2. The number of nitrogens with zero attached hydrogens (tertiary/aromatic N) is 8. The largest absolute Gasteiger partial charge is 0.294 e. The van der Waals surface area contributed by atoms with E-state index in [4.69, 9.17) is 15.0 Å². The van der Waals surface area contributed by atoms with Gasteiger partial charge in [-0.05, 0) is 184 Å². The first-order chi connectivity index (χ1) is 64.9. The molecule has 8 nitrogen and oxygen atoms in total. The van der Waals surface area contributed by atoms with E-state index < -0.39 is 16.1 Å². The van der Waals surface area contributed by atoms with Crippen LogP contribution in [0.2, 0.25) is 0 Å². The fourth-order valence-electron chi connectivity index (χ4n) is 21.9. The van der Waals surface area contributed by atoms with E-state index in [0.717, 1.165) is 128 Å². The van der Waals surface area contributed by atoms with Crippen LogP contribution >= 0.6 is 22.7 Å². The molecule has 0 aliphatic heterocycles. The number of thiophene rings is 2. The number of para-hydroxylation sites is 7. The van der Waals surface area contributed by atoms with Crippen molar-refractivity contribution in [1.82, 2.24) is 37.6 Å². The van der Waals surface area contributed by atoms with Crippen LogP contribution in [0.3, 0.4) is 0 Å². The first-order valence-electron chi connectivity index (χ1n) is 44.7. The van der Waals surface area contributed by atoms with E-state index in [1.165, 1.54) is 103 Å². The van der Waals surface area contributed by atoms with Crippen molar-refractivity contribution in [3.63, 3.8) is 0 Å². The molecule has 18 aromatic carbocycles. The smallest absolute Gasteiger partial charge is 0.221 e. The second kappa shape index (κ2) is 29.7. The van der Waals surface area contributed by atoms with Crippen LogP contribution in [-0.2, 0) is 0 Å². The number of pyridine rings is 2. The standard InChI is InChI=1S/C119H76N8S2Si2/c1-5-30-83(31-6-1)130(84-32-7-2-8-33-84,89-66-69-112-99(76-89)96-44-19-27-53-110(96)128-112)87-62-56-77(57-63-87)81-72-114(123-101-46-20-13-38-90(101)91-39-14-21-47-102(91)123)121-115(73-81)125-105-50-24-17-42-94(105)98-70-79(61-68-106(98)125)80-60-67-100-109(71-80)126-107-51-25-26-52-108(107)127(119(126)120-100)117-75-82(74-116(122-117)124-103-48-22-15-40-92(103)93-41-16-23-49-104(93)124)78-58-64-88(65-59-78)131(85-34-9-3-10-35-85,86-36-11-4-12-37-86)113-55-29-45-97-95-43-18-28-54-111(95)129-118(97)113/h1-76H. The van der Waals surface area contributed by atoms with E-state index in [2.05, 4.69) is 484 Å². The summed E-state index contributed by atoms with van der Waals surface area (Å²) in [6, 6.07) is 172. The minimum Gasteiger partial charge on any atom is -0.294 e. The lowest BCUT2D eigenvalue weighted by molar-refractivity contribution is 0.997. The average Bonchev–Trinajstić information content (AvgIpc) is 1.47. The molecule has 9 aromatic heterocycles. The molecule has 27 rings (SSSR count). The Bertz CT molecular complexity index is 9120. The summed E-state index contributed by atoms with van der Waals surface area (Å²) in [5.74, 6) is 3.98. The van der Waals surface area contributed by atoms with Gasteiger partial charge >= 0.3 is 0 Å². The van der Waals surface area contributed by atoms with Crippen LogP contribution < -0.4 is 41.5 Å². The second-order valence-corrected chi connectivity index (χ2v) is 44.2. The molecule has 0 amide bonds. The van der Waals surface area contributed by atoms with Gasteiger partial charge in [0.15, 0.2) is 16.1 Å². The van der Waals surface area contributed by atoms with Crippen LogP contribution in [-0.4, -0.2) is 53.8 Å². The Kier molecular flexibility index (Phi) is 17.0. The summed E-state index contributed by atoms with van der Waals surface area (Å²) in [4.78, 5) is 17.4. The molecule has 27 aromatic rings. The van der Waals surface area contributed by atoms with Crippen molar-refractivity contribution in [2.75, 3.05) is 0 Å². The fourth-order valence-corrected chi connectivity index (χ4v) is 34.3. The molecule has 0 unspecified atom stereocenters. The zero-order chi connectivity index (χ0) is 86.0. The average molecular weight is 1740 g/mol. The lowest BCUT2D eigenvalue weighted by Crippen LogP contribution is -2.74. The van der Waals surface area contributed by atoms with E-state index in [1.54, 1.807) is 0 Å². The summed E-state index contributed by atoms with van der Waals surface area (Å²) >= 11 is 3.79. The molecule has 0 fully saturated rings. The predicted octanol–water partition coefficient (Wildman–Crippen LogP) is 25.0. The Labute approximate surface area is 763 Å². The first kappa shape index (κ1) is 75.0. The monoisotopic (exact) mass is 1740 g/mol. The Morgan fingerprint density at radius 1 is 0.183 bits per heavy atom. The molecule has 131 heavy (non-hydrogen) atoms. The summed E-state index contributed by atoms with van der Waals surface area (Å²) in [7, 11) is -6.05. The summed E-state index contributed by atoms with van der Waals surface area (Å²) in [6.45, 7) is 0. The lowest BCUT2D eigenvalue weighted by Gasteiger charge is -2.35. The predicted molar refractivity (Wildman–Crippen MR) is 557 cm³/mol. The van der Waals surface area contributed by atoms with Crippen molar-refractivity contribution < 1.29 is 0 Å². The molecule has 12 heteroatoms. The van der Waals surface area contributed by atoms with Gasteiger partial charge in [-0.25, -0.2) is 15.0 Å². The number of hydrogen-bond acceptors (Lipinski definition) is 5. The second-order valence-electron chi connectivity index (χ2n) is 34.5. The van der Waals surface area contributed by atoms with E-state index in [0.29, 0.717) is 0 Å². The maximum Gasteiger partial charge on any atom is 0.221 e. The van der Waals surface area contributed by atoms with Crippen LogP contribution in [0.25, 0.3) is 190 Å². The van der Waals surface area contributed by atoms with Crippen molar-refractivity contribution in [1.29, 1.82) is 0 Å². The van der Waals surface area contributed by atoms with Crippen LogP contribution in [0.4, 0.5) is 0 Å². The van der Waals surface area contributed by atoms with Gasteiger partial charge in [-0.3, -0.25) is 22.7 Å². The van der Waals surface area contributed by atoms with Crippen LogP contribution in [0.1, 0.15) is 0 Å². The highest BCUT2D eigenvalue weighted by atomic mass is 32.1. The molecule has 0 spiro atoms. The molecule has 0 aliphatic rings. The van der Waals surface area contributed by atoms with Gasteiger partial charge in [0, 0.05) is 72.7 Å². The maximum atomic E-state index is 5.88. The SMILES string of the molecule is c1ccc([Si](c2ccccc2)(c2ccc(-c3cc(-n4c5ccccc5c5ccccc54)nc(-n4c5ccccc5c5cc(-c6ccc7nc8n(-c9cc(-c%10ccc([Si](c%11ccccc%11)(c%11ccccc%11)c%11cccc%12c%11sc%11ccccc%11%12)cc%10)cc(-n%10c%11ccccc%11c%11ccccc%11%10)n9)c9ccccc9n8c7c6)ccc54)c3)cc2)c2ccc3sc4ccccc4c3c2)cc1. The van der Waals surface area contributed by atoms with Gasteiger partial charge in [-0.15, -0.1) is 22.7 Å². The summed E-state index contributed by atoms with van der Waals surface area (Å²) < 4.78 is 17.0. The Morgan fingerprint density at radius 3 is 1.04 bits per heavy atom. The molecule has 0 saturated heterocycles. The highest BCUT2D eigenvalue weighted by molar-refractivity contribution is 7.31. The van der Waals surface area contributed by atoms with Gasteiger partial charge in [0.25, 0.3) is 0 Å². The third kappa shape index (κ3) is 11.4. The zero-order valence-corrected chi connectivity index (χ0v) is 74.4. The number of imidazole rings is 2. The van der Waals surface area contributed by atoms with Gasteiger partial charge < -0.3 is 0 Å². The third-order valence-corrected chi connectivity index (χ3v) is 39.8. The van der Waals surface area contributed by atoms with Crippen molar-refractivity contribution in [2.45, 2.75) is 0 Å². The van der Waals surface area contributed by atoms with Crippen molar-refractivity contribution in [2.24, 2.45) is 0 Å². The molecule has 9 heterocycles. The molecule has 0 radical (unpaired) electrons. The molecule has 612 valence electrons. The van der Waals surface area contributed by atoms with Gasteiger partial charge in [0.2, 0.25) is 5.78 Å². The van der Waals surface area contributed by atoms with Crippen LogP contribution in [0, 0.1) is 0 Å². The normalized spacial score (nSPS) is 12.3. The molecule has 0 bridgehead atoms. The molecule has 0 saturated carbocycles. The molecular weight excluding hydrogens is 1660 g/mol. The topological polar surface area (TPSA) is 62.8 Å². The van der Waals surface area contributed by atoms with Gasteiger partial charge in [-0.1, -0.05) is 352 Å². The summed E-state index contributed by atoms with van der Waals surface area (Å²) in [5.41, 5.74) is 16.8. The van der Waals surface area contributed by atoms with Gasteiger partial charge in [0.05, 0.1) is 55.2 Å².